The van der Waals surface area contributed by atoms with E-state index in [1.54, 1.807) is 6.08 Å². The first kappa shape index (κ1) is 15.0. The second-order valence-electron chi connectivity index (χ2n) is 4.57. The van der Waals surface area contributed by atoms with Gasteiger partial charge in [0.2, 0.25) is 0 Å². The van der Waals surface area contributed by atoms with Gasteiger partial charge in [-0.05, 0) is 31.5 Å². The van der Waals surface area contributed by atoms with E-state index in [-0.39, 0.29) is 0 Å². The van der Waals surface area contributed by atoms with Crippen LogP contribution in [-0.2, 0) is 4.79 Å². The zero-order chi connectivity index (χ0) is 14.3. The molecule has 3 heteroatoms. The van der Waals surface area contributed by atoms with E-state index in [0.29, 0.717) is 24.2 Å². The minimum Gasteiger partial charge on any atom is -0.370 e. The highest BCUT2D eigenvalue weighted by Gasteiger charge is 2.18. The Balaban J connectivity index is 0.000000550. The van der Waals surface area contributed by atoms with E-state index >= 15 is 0 Å². The number of nitrogens with zero attached hydrogens (tertiary/aromatic N) is 2. The molecule has 100 valence electrons. The Kier molecular flexibility index (Phi) is 5.81. The van der Waals surface area contributed by atoms with Gasteiger partial charge in [-0.2, -0.15) is 5.26 Å². The van der Waals surface area contributed by atoms with Crippen LogP contribution in [0.3, 0.4) is 0 Å². The van der Waals surface area contributed by atoms with Crippen molar-refractivity contribution >= 4 is 11.5 Å². The molecule has 0 radical (unpaired) electrons. The molecule has 0 saturated carbocycles. The number of anilines is 1. The Morgan fingerprint density at radius 1 is 1.37 bits per heavy atom. The fourth-order valence-electron chi connectivity index (χ4n) is 2.01. The highest BCUT2D eigenvalue weighted by Crippen LogP contribution is 2.23. The lowest BCUT2D eigenvalue weighted by Gasteiger charge is -2.28. The van der Waals surface area contributed by atoms with E-state index in [1.165, 1.54) is 0 Å². The molecule has 0 bridgehead atoms. The summed E-state index contributed by atoms with van der Waals surface area (Å²) in [5.74, 6) is 0.321. The maximum absolute atomic E-state index is 11.2. The number of benzene rings is 1. The van der Waals surface area contributed by atoms with Crippen molar-refractivity contribution in [2.24, 2.45) is 0 Å². The smallest absolute Gasteiger partial charge is 0.136 e. The van der Waals surface area contributed by atoms with Gasteiger partial charge in [-0.1, -0.05) is 12.1 Å². The van der Waals surface area contributed by atoms with Crippen LogP contribution >= 0.6 is 0 Å². The summed E-state index contributed by atoms with van der Waals surface area (Å²) in [5.41, 5.74) is 2.75. The average Bonchev–Trinajstić information content (AvgIpc) is 2.41. The third-order valence-electron chi connectivity index (χ3n) is 2.93. The standard InChI is InChI=1S/C13H14N2O.C3H6/c1-10-2-3-13(11(8-10)9-14)15-6-4-12(16)5-7-15;1-3-2/h2-3,8H,4-7H2,1H3;3H,1H2,2H3. The van der Waals surface area contributed by atoms with Crippen LogP contribution in [0.4, 0.5) is 5.69 Å². The Hall–Kier alpha value is -2.08. The van der Waals surface area contributed by atoms with Gasteiger partial charge >= 0.3 is 0 Å². The number of nitriles is 1. The minimum atomic E-state index is 0.321. The molecule has 1 aliphatic heterocycles. The molecule has 0 aliphatic carbocycles. The molecule has 0 atom stereocenters. The van der Waals surface area contributed by atoms with Gasteiger partial charge in [0.25, 0.3) is 0 Å². The number of ketones is 1. The van der Waals surface area contributed by atoms with Gasteiger partial charge in [0.05, 0.1) is 11.3 Å². The molecular formula is C16H20N2O. The number of rotatable bonds is 1. The first-order valence-electron chi connectivity index (χ1n) is 6.46. The van der Waals surface area contributed by atoms with Crippen molar-refractivity contribution in [3.8, 4) is 6.07 Å². The first-order valence-corrected chi connectivity index (χ1v) is 6.46. The average molecular weight is 256 g/mol. The zero-order valence-electron chi connectivity index (χ0n) is 11.6. The molecule has 0 unspecified atom stereocenters. The predicted octanol–water partition coefficient (Wildman–Crippen LogP) is 3.23. The second-order valence-corrected chi connectivity index (χ2v) is 4.57. The normalized spacial score (nSPS) is 14.2. The van der Waals surface area contributed by atoms with Gasteiger partial charge in [-0.3, -0.25) is 4.79 Å². The SMILES string of the molecule is C=CC.Cc1ccc(N2CCC(=O)CC2)c(C#N)c1. The number of hydrogen-bond acceptors (Lipinski definition) is 3. The summed E-state index contributed by atoms with van der Waals surface area (Å²) >= 11 is 0. The summed E-state index contributed by atoms with van der Waals surface area (Å²) in [4.78, 5) is 13.3. The Labute approximate surface area is 115 Å². The van der Waals surface area contributed by atoms with Crippen LogP contribution in [0.15, 0.2) is 30.9 Å². The molecule has 0 N–H and O–H groups in total. The fraction of sp³-hybridized carbons (Fsp3) is 0.375. The number of hydrogen-bond donors (Lipinski definition) is 0. The van der Waals surface area contributed by atoms with Crippen LogP contribution in [-0.4, -0.2) is 18.9 Å². The summed E-state index contributed by atoms with van der Waals surface area (Å²) in [7, 11) is 0. The molecule has 1 fully saturated rings. The quantitative estimate of drug-likeness (QED) is 0.725. The van der Waals surface area contributed by atoms with E-state index in [2.05, 4.69) is 17.5 Å². The van der Waals surface area contributed by atoms with Crippen LogP contribution < -0.4 is 4.90 Å². The van der Waals surface area contributed by atoms with E-state index in [9.17, 15) is 4.79 Å². The molecule has 1 aliphatic rings. The lowest BCUT2D eigenvalue weighted by Crippen LogP contribution is -2.34. The minimum absolute atomic E-state index is 0.321. The van der Waals surface area contributed by atoms with Gasteiger partial charge in [0.1, 0.15) is 11.9 Å². The number of aryl methyl sites for hydroxylation is 1. The molecule has 1 aromatic carbocycles. The third-order valence-corrected chi connectivity index (χ3v) is 2.93. The summed E-state index contributed by atoms with van der Waals surface area (Å²) < 4.78 is 0. The van der Waals surface area contributed by atoms with Crippen molar-refractivity contribution in [2.75, 3.05) is 18.0 Å². The number of allylic oxidation sites excluding steroid dienone is 1. The molecule has 1 aromatic rings. The summed E-state index contributed by atoms with van der Waals surface area (Å²) in [6, 6.07) is 8.10. The molecular weight excluding hydrogens is 236 g/mol. The number of Topliss-reactive ketones (excluding diaryl/α,β-unsaturated/α-hetero) is 1. The Morgan fingerprint density at radius 2 is 1.95 bits per heavy atom. The lowest BCUT2D eigenvalue weighted by molar-refractivity contribution is -0.119. The summed E-state index contributed by atoms with van der Waals surface area (Å²) in [6.07, 6.45) is 2.94. The van der Waals surface area contributed by atoms with Crippen molar-refractivity contribution in [3.05, 3.63) is 42.0 Å². The maximum Gasteiger partial charge on any atom is 0.136 e. The monoisotopic (exact) mass is 256 g/mol. The number of piperidine rings is 1. The predicted molar refractivity (Wildman–Crippen MR) is 78.2 cm³/mol. The molecule has 2 rings (SSSR count). The first-order chi connectivity index (χ1) is 9.12. The van der Waals surface area contributed by atoms with Crippen molar-refractivity contribution in [1.29, 1.82) is 5.26 Å². The Bertz CT molecular complexity index is 490. The van der Waals surface area contributed by atoms with Gasteiger partial charge in [-0.15, -0.1) is 6.58 Å². The number of carbonyl (C=O) groups excluding carboxylic acids is 1. The van der Waals surface area contributed by atoms with Crippen LogP contribution in [0.1, 0.15) is 30.9 Å². The molecule has 0 spiro atoms. The molecule has 0 amide bonds. The van der Waals surface area contributed by atoms with E-state index in [4.69, 9.17) is 5.26 Å². The molecule has 19 heavy (non-hydrogen) atoms. The summed E-state index contributed by atoms with van der Waals surface area (Å²) in [6.45, 7) is 8.69. The topological polar surface area (TPSA) is 44.1 Å². The largest absolute Gasteiger partial charge is 0.370 e. The van der Waals surface area contributed by atoms with E-state index in [1.807, 2.05) is 32.0 Å². The van der Waals surface area contributed by atoms with Gasteiger partial charge < -0.3 is 4.90 Å². The second kappa shape index (κ2) is 7.38. The van der Waals surface area contributed by atoms with E-state index in [0.717, 1.165) is 24.3 Å². The third kappa shape index (κ3) is 4.26. The molecule has 3 nitrogen and oxygen atoms in total. The number of carbonyl (C=O) groups is 1. The van der Waals surface area contributed by atoms with Gasteiger partial charge in [-0.25, -0.2) is 0 Å². The van der Waals surface area contributed by atoms with Crippen LogP contribution in [0, 0.1) is 18.3 Å². The Morgan fingerprint density at radius 3 is 2.47 bits per heavy atom. The van der Waals surface area contributed by atoms with Crippen molar-refractivity contribution < 1.29 is 4.79 Å². The van der Waals surface area contributed by atoms with E-state index < -0.39 is 0 Å². The van der Waals surface area contributed by atoms with Gasteiger partial charge in [0, 0.05) is 25.9 Å². The van der Waals surface area contributed by atoms with Crippen molar-refractivity contribution in [3.63, 3.8) is 0 Å². The molecule has 0 aromatic heterocycles. The summed E-state index contributed by atoms with van der Waals surface area (Å²) in [5, 5.41) is 9.08. The fourth-order valence-corrected chi connectivity index (χ4v) is 2.01. The molecule has 1 heterocycles. The highest BCUT2D eigenvalue weighted by molar-refractivity contribution is 5.81. The molecule has 1 saturated heterocycles. The van der Waals surface area contributed by atoms with Crippen LogP contribution in [0.2, 0.25) is 0 Å². The van der Waals surface area contributed by atoms with Crippen LogP contribution in [0.25, 0.3) is 0 Å². The lowest BCUT2D eigenvalue weighted by atomic mass is 10.1. The maximum atomic E-state index is 11.2. The van der Waals surface area contributed by atoms with Gasteiger partial charge in [0.15, 0.2) is 0 Å². The van der Waals surface area contributed by atoms with Crippen molar-refractivity contribution in [1.82, 2.24) is 0 Å². The highest BCUT2D eigenvalue weighted by atomic mass is 16.1. The van der Waals surface area contributed by atoms with Crippen molar-refractivity contribution in [2.45, 2.75) is 26.7 Å². The van der Waals surface area contributed by atoms with Crippen LogP contribution in [0.5, 0.6) is 0 Å². The zero-order valence-corrected chi connectivity index (χ0v) is 11.6.